The second-order valence-electron chi connectivity index (χ2n) is 2.92. The third-order valence-electron chi connectivity index (χ3n) is 1.91. The molecular weight excluding hydrogens is 250 g/mol. The van der Waals surface area contributed by atoms with E-state index in [1.54, 1.807) is 30.0 Å². The zero-order chi connectivity index (χ0) is 10.9. The molecule has 0 unspecified atom stereocenters. The molecule has 0 aromatic heterocycles. The maximum Gasteiger partial charge on any atom is 0.284 e. The first-order chi connectivity index (χ1) is 7.15. The van der Waals surface area contributed by atoms with Crippen LogP contribution >= 0.6 is 23.5 Å². The summed E-state index contributed by atoms with van der Waals surface area (Å²) in [7, 11) is -3.43. The average Bonchev–Trinajstić information content (AvgIpc) is 2.49. The van der Waals surface area contributed by atoms with E-state index >= 15 is 0 Å². The van der Waals surface area contributed by atoms with Crippen LogP contribution in [0.5, 0.6) is 0 Å². The molecule has 1 aliphatic heterocycles. The van der Waals surface area contributed by atoms with Crippen LogP contribution in [0.25, 0.3) is 0 Å². The van der Waals surface area contributed by atoms with Gasteiger partial charge in [0.05, 0.1) is 4.90 Å². The number of hydrogen-bond acceptors (Lipinski definition) is 4. The largest absolute Gasteiger partial charge is 0.284 e. The van der Waals surface area contributed by atoms with Crippen LogP contribution in [0.3, 0.4) is 0 Å². The predicted molar refractivity (Wildman–Crippen MR) is 66.1 cm³/mol. The highest BCUT2D eigenvalue weighted by molar-refractivity contribution is 8.24. The normalized spacial score (nSPS) is 17.3. The number of benzene rings is 1. The quantitative estimate of drug-likeness (QED) is 0.764. The Labute approximate surface area is 97.4 Å². The van der Waals surface area contributed by atoms with Gasteiger partial charge in [-0.25, -0.2) is 0 Å². The van der Waals surface area contributed by atoms with Crippen LogP contribution in [-0.2, 0) is 10.0 Å². The van der Waals surface area contributed by atoms with E-state index < -0.39 is 10.0 Å². The van der Waals surface area contributed by atoms with Gasteiger partial charge in [0.25, 0.3) is 10.0 Å². The third kappa shape index (κ3) is 2.07. The van der Waals surface area contributed by atoms with Gasteiger partial charge in [0, 0.05) is 10.6 Å². The molecule has 0 aliphatic carbocycles. The Morgan fingerprint density at radius 2 is 2.07 bits per heavy atom. The molecule has 0 N–H and O–H groups in total. The van der Waals surface area contributed by atoms with Crippen molar-refractivity contribution in [3.05, 3.63) is 29.8 Å². The SMILES string of the molecule is CSCSC1=NS(=O)(=O)c2ccccc21. The summed E-state index contributed by atoms with van der Waals surface area (Å²) < 4.78 is 27.0. The van der Waals surface area contributed by atoms with Crippen molar-refractivity contribution in [3.8, 4) is 0 Å². The highest BCUT2D eigenvalue weighted by Gasteiger charge is 2.28. The lowest BCUT2D eigenvalue weighted by atomic mass is 10.2. The summed E-state index contributed by atoms with van der Waals surface area (Å²) in [5, 5.41) is 1.42. The van der Waals surface area contributed by atoms with E-state index in [-0.39, 0.29) is 0 Å². The maximum atomic E-state index is 11.6. The molecule has 0 saturated heterocycles. The van der Waals surface area contributed by atoms with E-state index in [0.717, 1.165) is 10.6 Å². The number of nitrogens with zero attached hydrogens (tertiary/aromatic N) is 1. The molecule has 1 aromatic rings. The first kappa shape index (κ1) is 11.0. The standard InChI is InChI=1S/C9H9NO2S3/c1-13-6-14-9-7-4-2-3-5-8(7)15(11,12)10-9/h2-5H,6H2,1H3. The van der Waals surface area contributed by atoms with E-state index in [4.69, 9.17) is 0 Å². The number of thioether (sulfide) groups is 2. The Balaban J connectivity index is 2.44. The minimum Gasteiger partial charge on any atom is -0.199 e. The van der Waals surface area contributed by atoms with Crippen molar-refractivity contribution >= 4 is 38.6 Å². The molecule has 0 saturated carbocycles. The summed E-state index contributed by atoms with van der Waals surface area (Å²) in [6.45, 7) is 0. The Morgan fingerprint density at radius 1 is 1.33 bits per heavy atom. The van der Waals surface area contributed by atoms with Crippen LogP contribution in [0.2, 0.25) is 0 Å². The van der Waals surface area contributed by atoms with Gasteiger partial charge in [-0.2, -0.15) is 24.6 Å². The van der Waals surface area contributed by atoms with Gasteiger partial charge >= 0.3 is 0 Å². The maximum absolute atomic E-state index is 11.6. The van der Waals surface area contributed by atoms with Crippen molar-refractivity contribution in [2.24, 2.45) is 4.40 Å². The summed E-state index contributed by atoms with van der Waals surface area (Å²) in [4.78, 5) is 0.327. The lowest BCUT2D eigenvalue weighted by molar-refractivity contribution is 0.599. The minimum atomic E-state index is -3.43. The van der Waals surface area contributed by atoms with E-state index in [1.165, 1.54) is 11.8 Å². The molecule has 0 bridgehead atoms. The Morgan fingerprint density at radius 3 is 2.80 bits per heavy atom. The van der Waals surface area contributed by atoms with E-state index in [9.17, 15) is 8.42 Å². The topological polar surface area (TPSA) is 46.5 Å². The van der Waals surface area contributed by atoms with E-state index in [1.807, 2.05) is 12.3 Å². The van der Waals surface area contributed by atoms with Crippen molar-refractivity contribution in [1.29, 1.82) is 0 Å². The smallest absolute Gasteiger partial charge is 0.199 e. The fourth-order valence-corrected chi connectivity index (χ4v) is 4.22. The molecule has 3 nitrogen and oxygen atoms in total. The first-order valence-electron chi connectivity index (χ1n) is 4.21. The van der Waals surface area contributed by atoms with E-state index in [2.05, 4.69) is 4.40 Å². The number of fused-ring (bicyclic) bond motifs is 1. The summed E-state index contributed by atoms with van der Waals surface area (Å²) in [5.74, 6) is 0. The molecule has 1 aliphatic rings. The Kier molecular flexibility index (Phi) is 3.08. The van der Waals surface area contributed by atoms with Crippen molar-refractivity contribution in [2.45, 2.75) is 4.90 Å². The van der Waals surface area contributed by atoms with Crippen LogP contribution in [0.1, 0.15) is 5.56 Å². The third-order valence-corrected chi connectivity index (χ3v) is 5.36. The highest BCUT2D eigenvalue weighted by atomic mass is 32.2. The molecule has 80 valence electrons. The van der Waals surface area contributed by atoms with Crippen LogP contribution < -0.4 is 0 Å². The summed E-state index contributed by atoms with van der Waals surface area (Å²) in [5.41, 5.74) is 0.733. The van der Waals surface area contributed by atoms with Crippen molar-refractivity contribution < 1.29 is 8.42 Å². The van der Waals surface area contributed by atoms with Gasteiger partial charge in [-0.05, 0) is 12.3 Å². The summed E-state index contributed by atoms with van der Waals surface area (Å²) in [6.07, 6.45) is 1.98. The molecule has 1 aromatic carbocycles. The lowest BCUT2D eigenvalue weighted by Gasteiger charge is -1.99. The highest BCUT2D eigenvalue weighted by Crippen LogP contribution is 2.31. The molecule has 1 heterocycles. The van der Waals surface area contributed by atoms with Crippen molar-refractivity contribution in [3.63, 3.8) is 0 Å². The Bertz CT molecular complexity index is 508. The van der Waals surface area contributed by atoms with Gasteiger partial charge in [0.2, 0.25) is 0 Å². The molecular formula is C9H9NO2S3. The van der Waals surface area contributed by atoms with Gasteiger partial charge in [0.1, 0.15) is 5.04 Å². The summed E-state index contributed by atoms with van der Waals surface area (Å²) in [6, 6.07) is 6.94. The van der Waals surface area contributed by atoms with Crippen molar-refractivity contribution in [1.82, 2.24) is 0 Å². The molecule has 0 atom stereocenters. The van der Waals surface area contributed by atoms with Crippen molar-refractivity contribution in [2.75, 3.05) is 11.3 Å². The fraction of sp³-hybridized carbons (Fsp3) is 0.222. The predicted octanol–water partition coefficient (Wildman–Crippen LogP) is 2.19. The zero-order valence-corrected chi connectivity index (χ0v) is 10.5. The molecule has 2 rings (SSSR count). The number of hydrogen-bond donors (Lipinski definition) is 0. The number of sulfonamides is 1. The van der Waals surface area contributed by atoms with Crippen LogP contribution in [-0.4, -0.2) is 24.8 Å². The molecule has 15 heavy (non-hydrogen) atoms. The monoisotopic (exact) mass is 259 g/mol. The molecule has 0 radical (unpaired) electrons. The summed E-state index contributed by atoms with van der Waals surface area (Å²) >= 11 is 3.11. The average molecular weight is 259 g/mol. The van der Waals surface area contributed by atoms with E-state index in [0.29, 0.717) is 9.94 Å². The van der Waals surface area contributed by atoms with Crippen LogP contribution in [0, 0.1) is 0 Å². The van der Waals surface area contributed by atoms with Crippen LogP contribution in [0.15, 0.2) is 33.6 Å². The zero-order valence-electron chi connectivity index (χ0n) is 8.00. The first-order valence-corrected chi connectivity index (χ1v) is 8.03. The molecule has 6 heteroatoms. The second kappa shape index (κ2) is 4.19. The van der Waals surface area contributed by atoms with Gasteiger partial charge in [-0.3, -0.25) is 0 Å². The fourth-order valence-electron chi connectivity index (χ4n) is 1.29. The lowest BCUT2D eigenvalue weighted by Crippen LogP contribution is -1.93. The van der Waals surface area contributed by atoms with Gasteiger partial charge in [-0.1, -0.05) is 30.0 Å². The second-order valence-corrected chi connectivity index (χ2v) is 6.69. The van der Waals surface area contributed by atoms with Crippen LogP contribution in [0.4, 0.5) is 0 Å². The Hall–Kier alpha value is -0.460. The minimum absolute atomic E-state index is 0.327. The molecule has 0 spiro atoms. The molecule has 0 fully saturated rings. The van der Waals surface area contributed by atoms with Gasteiger partial charge in [0.15, 0.2) is 0 Å². The molecule has 0 amide bonds. The van der Waals surface area contributed by atoms with Gasteiger partial charge in [-0.15, -0.1) is 0 Å². The number of rotatable bonds is 2. The van der Waals surface area contributed by atoms with Gasteiger partial charge < -0.3 is 0 Å².